The highest BCUT2D eigenvalue weighted by molar-refractivity contribution is 5.17. The van der Waals surface area contributed by atoms with Gasteiger partial charge in [0.2, 0.25) is 0 Å². The number of hydrogen-bond acceptors (Lipinski definition) is 3. The van der Waals surface area contributed by atoms with E-state index in [4.69, 9.17) is 5.11 Å². The van der Waals surface area contributed by atoms with Crippen LogP contribution in [0.3, 0.4) is 0 Å². The Hall–Kier alpha value is -1.13. The molecule has 88 valence electrons. The van der Waals surface area contributed by atoms with Gasteiger partial charge in [-0.2, -0.15) is 5.10 Å². The monoisotopic (exact) mass is 221 g/mol. The van der Waals surface area contributed by atoms with Crippen LogP contribution < -0.4 is 5.32 Å². The first-order valence-electron chi connectivity index (χ1n) is 5.75. The molecule has 2 rings (SSSR count). The third-order valence-electron chi connectivity index (χ3n) is 3.27. The maximum absolute atomic E-state index is 8.94. The molecule has 1 fully saturated rings. The quantitative estimate of drug-likeness (QED) is 0.728. The number of hydrogen-bond donors (Lipinski definition) is 2. The van der Waals surface area contributed by atoms with Gasteiger partial charge in [-0.1, -0.05) is 6.58 Å². The lowest BCUT2D eigenvalue weighted by molar-refractivity contribution is 0.245. The Balaban J connectivity index is 1.73. The van der Waals surface area contributed by atoms with Crippen molar-refractivity contribution in [3.05, 3.63) is 24.5 Å². The standard InChI is InChI=1S/C12H19N3O/c1-2-15-9-11(8-14-15)7-13-10-12(3-4-12)5-6-16/h2,8-9,13,16H,1,3-7,10H2. The fraction of sp³-hybridized carbons (Fsp3) is 0.583. The molecule has 2 N–H and O–H groups in total. The van der Waals surface area contributed by atoms with E-state index in [-0.39, 0.29) is 0 Å². The first kappa shape index (κ1) is 11.4. The molecule has 0 amide bonds. The van der Waals surface area contributed by atoms with Crippen LogP contribution in [0.2, 0.25) is 0 Å². The molecule has 16 heavy (non-hydrogen) atoms. The Kier molecular flexibility index (Phi) is 3.41. The summed E-state index contributed by atoms with van der Waals surface area (Å²) in [7, 11) is 0. The summed E-state index contributed by atoms with van der Waals surface area (Å²) in [5, 5.41) is 16.5. The molecule has 0 bridgehead atoms. The highest BCUT2D eigenvalue weighted by atomic mass is 16.3. The highest BCUT2D eigenvalue weighted by Crippen LogP contribution is 2.47. The molecule has 1 aromatic rings. The molecule has 0 radical (unpaired) electrons. The van der Waals surface area contributed by atoms with E-state index in [0.29, 0.717) is 12.0 Å². The molecule has 1 heterocycles. The van der Waals surface area contributed by atoms with E-state index in [1.165, 1.54) is 18.4 Å². The van der Waals surface area contributed by atoms with Gasteiger partial charge >= 0.3 is 0 Å². The smallest absolute Gasteiger partial charge is 0.0538 e. The fourth-order valence-corrected chi connectivity index (χ4v) is 1.97. The maximum Gasteiger partial charge on any atom is 0.0538 e. The van der Waals surface area contributed by atoms with Crippen LogP contribution in [-0.4, -0.2) is 28.0 Å². The zero-order valence-corrected chi connectivity index (χ0v) is 9.52. The molecule has 1 aliphatic carbocycles. The molecule has 0 atom stereocenters. The van der Waals surface area contributed by atoms with Crippen molar-refractivity contribution in [2.45, 2.75) is 25.8 Å². The van der Waals surface area contributed by atoms with Gasteiger partial charge in [-0.05, 0) is 24.7 Å². The van der Waals surface area contributed by atoms with Crippen molar-refractivity contribution < 1.29 is 5.11 Å². The Labute approximate surface area is 96.0 Å². The van der Waals surface area contributed by atoms with Gasteiger partial charge < -0.3 is 10.4 Å². The Morgan fingerprint density at radius 3 is 3.00 bits per heavy atom. The number of nitrogens with zero attached hydrogens (tertiary/aromatic N) is 2. The first-order chi connectivity index (χ1) is 7.78. The second-order valence-corrected chi connectivity index (χ2v) is 4.59. The zero-order chi connectivity index (χ0) is 11.4. The summed E-state index contributed by atoms with van der Waals surface area (Å²) < 4.78 is 1.71. The van der Waals surface area contributed by atoms with Gasteiger partial charge in [-0.3, -0.25) is 0 Å². The highest BCUT2D eigenvalue weighted by Gasteiger charge is 2.41. The van der Waals surface area contributed by atoms with Gasteiger partial charge in [0.25, 0.3) is 0 Å². The number of aromatic nitrogens is 2. The second-order valence-electron chi connectivity index (χ2n) is 4.59. The van der Waals surface area contributed by atoms with Crippen molar-refractivity contribution in [3.63, 3.8) is 0 Å². The minimum atomic E-state index is 0.302. The minimum absolute atomic E-state index is 0.302. The summed E-state index contributed by atoms with van der Waals surface area (Å²) >= 11 is 0. The fourth-order valence-electron chi connectivity index (χ4n) is 1.97. The van der Waals surface area contributed by atoms with Crippen molar-refractivity contribution in [3.8, 4) is 0 Å². The molecular formula is C12H19N3O. The third-order valence-corrected chi connectivity index (χ3v) is 3.27. The lowest BCUT2D eigenvalue weighted by Crippen LogP contribution is -2.24. The minimum Gasteiger partial charge on any atom is -0.396 e. The average Bonchev–Trinajstić information content (AvgIpc) is 2.89. The summed E-state index contributed by atoms with van der Waals surface area (Å²) in [6.45, 7) is 5.78. The van der Waals surface area contributed by atoms with Crippen LogP contribution in [0.15, 0.2) is 19.0 Å². The Bertz CT molecular complexity index is 355. The second kappa shape index (κ2) is 4.80. The first-order valence-corrected chi connectivity index (χ1v) is 5.75. The molecule has 0 spiro atoms. The van der Waals surface area contributed by atoms with Crippen LogP contribution in [0.1, 0.15) is 24.8 Å². The largest absolute Gasteiger partial charge is 0.396 e. The van der Waals surface area contributed by atoms with Crippen LogP contribution in [-0.2, 0) is 6.54 Å². The molecule has 0 unspecified atom stereocenters. The topological polar surface area (TPSA) is 50.1 Å². The molecule has 4 nitrogen and oxygen atoms in total. The van der Waals surface area contributed by atoms with Gasteiger partial charge in [0, 0.05) is 37.7 Å². The Morgan fingerprint density at radius 1 is 1.62 bits per heavy atom. The van der Waals surface area contributed by atoms with E-state index in [1.807, 2.05) is 12.4 Å². The average molecular weight is 221 g/mol. The van der Waals surface area contributed by atoms with Gasteiger partial charge in [0.15, 0.2) is 0 Å². The number of aliphatic hydroxyl groups is 1. The van der Waals surface area contributed by atoms with Crippen LogP contribution in [0.25, 0.3) is 6.20 Å². The summed E-state index contributed by atoms with van der Waals surface area (Å²) in [4.78, 5) is 0. The number of rotatable bonds is 7. The summed E-state index contributed by atoms with van der Waals surface area (Å²) in [6, 6.07) is 0. The van der Waals surface area contributed by atoms with Gasteiger partial charge in [0.05, 0.1) is 6.20 Å². The van der Waals surface area contributed by atoms with Gasteiger partial charge in [0.1, 0.15) is 0 Å². The normalized spacial score (nSPS) is 17.3. The van der Waals surface area contributed by atoms with Crippen molar-refractivity contribution in [2.24, 2.45) is 5.41 Å². The molecule has 0 aromatic carbocycles. The van der Waals surface area contributed by atoms with E-state index in [1.54, 1.807) is 10.9 Å². The molecule has 1 saturated carbocycles. The van der Waals surface area contributed by atoms with Gasteiger partial charge in [-0.25, -0.2) is 4.68 Å². The molecule has 4 heteroatoms. The van der Waals surface area contributed by atoms with E-state index < -0.39 is 0 Å². The summed E-state index contributed by atoms with van der Waals surface area (Å²) in [5.41, 5.74) is 1.54. The molecule has 0 aliphatic heterocycles. The van der Waals surface area contributed by atoms with E-state index in [2.05, 4.69) is 17.0 Å². The van der Waals surface area contributed by atoms with Crippen molar-refractivity contribution in [1.82, 2.24) is 15.1 Å². The van der Waals surface area contributed by atoms with Crippen molar-refractivity contribution in [2.75, 3.05) is 13.2 Å². The molecule has 0 saturated heterocycles. The van der Waals surface area contributed by atoms with Crippen LogP contribution in [0.4, 0.5) is 0 Å². The SMILES string of the molecule is C=Cn1cc(CNCC2(CCO)CC2)cn1. The lowest BCUT2D eigenvalue weighted by Gasteiger charge is -2.13. The molecule has 1 aliphatic rings. The molecule has 1 aromatic heterocycles. The van der Waals surface area contributed by atoms with Crippen LogP contribution in [0.5, 0.6) is 0 Å². The van der Waals surface area contributed by atoms with Crippen LogP contribution >= 0.6 is 0 Å². The number of aliphatic hydroxyl groups excluding tert-OH is 1. The van der Waals surface area contributed by atoms with Crippen LogP contribution in [0, 0.1) is 5.41 Å². The summed E-state index contributed by atoms with van der Waals surface area (Å²) in [5.74, 6) is 0. The van der Waals surface area contributed by atoms with E-state index in [0.717, 1.165) is 19.5 Å². The summed E-state index contributed by atoms with van der Waals surface area (Å²) in [6.07, 6.45) is 8.90. The number of nitrogens with one attached hydrogen (secondary N) is 1. The predicted molar refractivity (Wildman–Crippen MR) is 63.7 cm³/mol. The maximum atomic E-state index is 8.94. The van der Waals surface area contributed by atoms with Crippen molar-refractivity contribution >= 4 is 6.20 Å². The van der Waals surface area contributed by atoms with Crippen molar-refractivity contribution in [1.29, 1.82) is 0 Å². The van der Waals surface area contributed by atoms with E-state index >= 15 is 0 Å². The van der Waals surface area contributed by atoms with E-state index in [9.17, 15) is 0 Å². The third kappa shape index (κ3) is 2.71. The molecular weight excluding hydrogens is 202 g/mol. The zero-order valence-electron chi connectivity index (χ0n) is 9.52. The van der Waals surface area contributed by atoms with Gasteiger partial charge in [-0.15, -0.1) is 0 Å². The Morgan fingerprint density at radius 2 is 2.44 bits per heavy atom. The predicted octanol–water partition coefficient (Wildman–Crippen LogP) is 1.24. The lowest BCUT2D eigenvalue weighted by atomic mass is 10.0.